The molecule has 20 heavy (non-hydrogen) atoms. The molecule has 0 aliphatic carbocycles. The Bertz CT molecular complexity index is 602. The number of hydrogen-bond donors (Lipinski definition) is 2. The molecule has 2 rings (SSSR count). The highest BCUT2D eigenvalue weighted by Gasteiger charge is 2.05. The predicted molar refractivity (Wildman–Crippen MR) is 90.7 cm³/mol. The first-order chi connectivity index (χ1) is 9.58. The van der Waals surface area contributed by atoms with Crippen LogP contribution < -0.4 is 10.6 Å². The Kier molecular flexibility index (Phi) is 5.37. The molecule has 106 valence electrons. The molecule has 0 amide bonds. The van der Waals surface area contributed by atoms with Crippen LogP contribution in [0.2, 0.25) is 0 Å². The van der Waals surface area contributed by atoms with E-state index in [-0.39, 0.29) is 0 Å². The average Bonchev–Trinajstić information content (AvgIpc) is 2.39. The van der Waals surface area contributed by atoms with E-state index in [2.05, 4.69) is 59.4 Å². The fraction of sp³-hybridized carbons (Fsp3) is 0.286. The smallest absolute Gasteiger partial charge is 0.224 e. The van der Waals surface area contributed by atoms with E-state index in [1.165, 1.54) is 0 Å². The van der Waals surface area contributed by atoms with Crippen LogP contribution in [0.1, 0.15) is 19.0 Å². The van der Waals surface area contributed by atoms with Gasteiger partial charge in [0.2, 0.25) is 5.95 Å². The lowest BCUT2D eigenvalue weighted by atomic mass is 10.3. The van der Waals surface area contributed by atoms with Crippen LogP contribution in [0.4, 0.5) is 17.5 Å². The number of halogens is 2. The Labute approximate surface area is 135 Å². The molecule has 6 heteroatoms. The molecule has 0 spiro atoms. The maximum atomic E-state index is 4.46. The Hall–Kier alpha value is -1.14. The first kappa shape index (κ1) is 15.3. The van der Waals surface area contributed by atoms with Crippen molar-refractivity contribution >= 4 is 49.3 Å². The van der Waals surface area contributed by atoms with E-state index in [9.17, 15) is 0 Å². The Balaban J connectivity index is 2.21. The fourth-order valence-electron chi connectivity index (χ4n) is 1.68. The largest absolute Gasteiger partial charge is 0.354 e. The van der Waals surface area contributed by atoms with Gasteiger partial charge < -0.3 is 10.6 Å². The van der Waals surface area contributed by atoms with Gasteiger partial charge in [0.05, 0.1) is 5.69 Å². The zero-order chi connectivity index (χ0) is 14.5. The summed E-state index contributed by atoms with van der Waals surface area (Å²) in [7, 11) is 0. The van der Waals surface area contributed by atoms with Gasteiger partial charge in [-0.3, -0.25) is 0 Å². The summed E-state index contributed by atoms with van der Waals surface area (Å²) in [6, 6.07) is 7.89. The number of benzene rings is 1. The van der Waals surface area contributed by atoms with Gasteiger partial charge in [-0.1, -0.05) is 22.9 Å². The molecule has 0 unspecified atom stereocenters. The molecule has 0 fully saturated rings. The fourth-order valence-corrected chi connectivity index (χ4v) is 2.82. The van der Waals surface area contributed by atoms with Crippen molar-refractivity contribution in [2.45, 2.75) is 20.3 Å². The third-order valence-corrected chi connectivity index (χ3v) is 3.73. The van der Waals surface area contributed by atoms with Crippen molar-refractivity contribution in [3.8, 4) is 0 Å². The normalized spacial score (nSPS) is 10.4. The van der Waals surface area contributed by atoms with Gasteiger partial charge in [0, 0.05) is 27.3 Å². The minimum absolute atomic E-state index is 0.655. The molecule has 0 aliphatic rings. The number of aromatic nitrogens is 2. The maximum Gasteiger partial charge on any atom is 0.224 e. The van der Waals surface area contributed by atoms with Crippen LogP contribution in [0.3, 0.4) is 0 Å². The molecule has 0 radical (unpaired) electrons. The summed E-state index contributed by atoms with van der Waals surface area (Å²) in [5.74, 6) is 1.43. The van der Waals surface area contributed by atoms with Gasteiger partial charge in [0.15, 0.2) is 0 Å². The van der Waals surface area contributed by atoms with Gasteiger partial charge in [-0.2, -0.15) is 4.98 Å². The molecule has 0 bridgehead atoms. The van der Waals surface area contributed by atoms with Crippen molar-refractivity contribution in [3.63, 3.8) is 0 Å². The summed E-state index contributed by atoms with van der Waals surface area (Å²) in [6.07, 6.45) is 1.04. The number of nitrogens with one attached hydrogen (secondary N) is 2. The molecule has 2 aromatic rings. The zero-order valence-electron chi connectivity index (χ0n) is 11.4. The lowest BCUT2D eigenvalue weighted by molar-refractivity contribution is 0.947. The third kappa shape index (κ3) is 4.18. The Morgan fingerprint density at radius 3 is 2.65 bits per heavy atom. The van der Waals surface area contributed by atoms with Gasteiger partial charge in [-0.05, 0) is 47.5 Å². The maximum absolute atomic E-state index is 4.46. The Morgan fingerprint density at radius 2 is 1.95 bits per heavy atom. The van der Waals surface area contributed by atoms with Crippen molar-refractivity contribution in [2.75, 3.05) is 17.2 Å². The molecule has 0 atom stereocenters. The summed E-state index contributed by atoms with van der Waals surface area (Å²) >= 11 is 6.97. The molecule has 0 aliphatic heterocycles. The van der Waals surface area contributed by atoms with E-state index in [0.717, 1.165) is 39.1 Å². The molecule has 0 saturated heterocycles. The second-order valence-corrected chi connectivity index (χ2v) is 6.16. The highest BCUT2D eigenvalue weighted by atomic mass is 79.9. The van der Waals surface area contributed by atoms with Crippen LogP contribution in [0.5, 0.6) is 0 Å². The van der Waals surface area contributed by atoms with Gasteiger partial charge in [-0.25, -0.2) is 4.98 Å². The molecule has 1 aromatic heterocycles. The number of aryl methyl sites for hydroxylation is 1. The SMILES string of the molecule is CCCNc1nc(C)cc(Nc2ccc(Br)cc2Br)n1. The summed E-state index contributed by atoms with van der Waals surface area (Å²) < 4.78 is 2.00. The van der Waals surface area contributed by atoms with Gasteiger partial charge in [-0.15, -0.1) is 0 Å². The second-order valence-electron chi connectivity index (χ2n) is 4.39. The molecule has 4 nitrogen and oxygen atoms in total. The number of anilines is 3. The van der Waals surface area contributed by atoms with Crippen molar-refractivity contribution in [3.05, 3.63) is 38.9 Å². The van der Waals surface area contributed by atoms with Crippen molar-refractivity contribution < 1.29 is 0 Å². The zero-order valence-corrected chi connectivity index (χ0v) is 14.5. The van der Waals surface area contributed by atoms with E-state index < -0.39 is 0 Å². The molecular formula is C14H16Br2N4. The van der Waals surface area contributed by atoms with Crippen LogP contribution in [-0.4, -0.2) is 16.5 Å². The first-order valence-electron chi connectivity index (χ1n) is 6.40. The minimum Gasteiger partial charge on any atom is -0.354 e. The van der Waals surface area contributed by atoms with Gasteiger partial charge in [0.25, 0.3) is 0 Å². The first-order valence-corrected chi connectivity index (χ1v) is 7.98. The molecule has 1 heterocycles. The standard InChI is InChI=1S/C14H16Br2N4/c1-3-6-17-14-18-9(2)7-13(20-14)19-12-5-4-10(15)8-11(12)16/h4-5,7-8H,3,6H2,1-2H3,(H2,17,18,19,20). The van der Waals surface area contributed by atoms with Crippen molar-refractivity contribution in [1.29, 1.82) is 0 Å². The second kappa shape index (κ2) is 7.04. The molecule has 0 saturated carbocycles. The van der Waals surface area contributed by atoms with Crippen molar-refractivity contribution in [2.24, 2.45) is 0 Å². The van der Waals surface area contributed by atoms with E-state index in [0.29, 0.717) is 5.95 Å². The van der Waals surface area contributed by atoms with Gasteiger partial charge in [0.1, 0.15) is 5.82 Å². The van der Waals surface area contributed by atoms with Crippen molar-refractivity contribution in [1.82, 2.24) is 9.97 Å². The van der Waals surface area contributed by atoms with Crippen LogP contribution in [0.15, 0.2) is 33.2 Å². The van der Waals surface area contributed by atoms with Gasteiger partial charge >= 0.3 is 0 Å². The number of nitrogens with zero attached hydrogens (tertiary/aromatic N) is 2. The third-order valence-electron chi connectivity index (χ3n) is 2.58. The van der Waals surface area contributed by atoms with Crippen LogP contribution in [-0.2, 0) is 0 Å². The van der Waals surface area contributed by atoms with E-state index in [4.69, 9.17) is 0 Å². The summed E-state index contributed by atoms with van der Waals surface area (Å²) in [5.41, 5.74) is 1.89. The predicted octanol–water partition coefficient (Wildman–Crippen LogP) is 4.88. The highest BCUT2D eigenvalue weighted by molar-refractivity contribution is 9.11. The quantitative estimate of drug-likeness (QED) is 0.752. The number of rotatable bonds is 5. The lowest BCUT2D eigenvalue weighted by Crippen LogP contribution is -2.07. The minimum atomic E-state index is 0.655. The van der Waals surface area contributed by atoms with E-state index in [1.807, 2.05) is 31.2 Å². The van der Waals surface area contributed by atoms with E-state index in [1.54, 1.807) is 0 Å². The monoisotopic (exact) mass is 398 g/mol. The summed E-state index contributed by atoms with van der Waals surface area (Å²) in [4.78, 5) is 8.83. The van der Waals surface area contributed by atoms with E-state index >= 15 is 0 Å². The highest BCUT2D eigenvalue weighted by Crippen LogP contribution is 2.28. The molecule has 2 N–H and O–H groups in total. The molecule has 1 aromatic carbocycles. The van der Waals surface area contributed by atoms with Crippen LogP contribution >= 0.6 is 31.9 Å². The Morgan fingerprint density at radius 1 is 1.15 bits per heavy atom. The van der Waals surface area contributed by atoms with Crippen LogP contribution in [0.25, 0.3) is 0 Å². The topological polar surface area (TPSA) is 49.8 Å². The van der Waals surface area contributed by atoms with Crippen LogP contribution in [0, 0.1) is 6.92 Å². The summed E-state index contributed by atoms with van der Waals surface area (Å²) in [6.45, 7) is 4.94. The lowest BCUT2D eigenvalue weighted by Gasteiger charge is -2.11. The average molecular weight is 400 g/mol. The summed E-state index contributed by atoms with van der Waals surface area (Å²) in [5, 5.41) is 6.50. The molecular weight excluding hydrogens is 384 g/mol. The number of hydrogen-bond acceptors (Lipinski definition) is 4.